The minimum absolute atomic E-state index is 0.0747. The van der Waals surface area contributed by atoms with Crippen LogP contribution in [0.1, 0.15) is 23.4 Å². The molecule has 0 saturated carbocycles. The molecule has 0 fully saturated rings. The van der Waals surface area contributed by atoms with Gasteiger partial charge in [0.15, 0.2) is 17.5 Å². The lowest BCUT2D eigenvalue weighted by atomic mass is 10.1. The van der Waals surface area contributed by atoms with Crippen LogP contribution in [0.3, 0.4) is 0 Å². The second-order valence-electron chi connectivity index (χ2n) is 4.99. The van der Waals surface area contributed by atoms with Crippen LogP contribution in [0.25, 0.3) is 5.69 Å². The van der Waals surface area contributed by atoms with E-state index in [-0.39, 0.29) is 5.69 Å². The standard InChI is InChI=1S/C15H18F3N3/c1-9-11(5-4-6-19-3)10(2)21(20-9)15-8-13(17)12(16)7-14(15)18/h7-8,19H,4-6H2,1-3H3. The molecule has 1 N–H and O–H groups in total. The molecular weight excluding hydrogens is 279 g/mol. The van der Waals surface area contributed by atoms with E-state index in [0.29, 0.717) is 6.07 Å². The second kappa shape index (κ2) is 6.30. The van der Waals surface area contributed by atoms with Crippen LogP contribution in [-0.2, 0) is 6.42 Å². The smallest absolute Gasteiger partial charge is 0.161 e. The van der Waals surface area contributed by atoms with E-state index < -0.39 is 17.5 Å². The summed E-state index contributed by atoms with van der Waals surface area (Å²) in [7, 11) is 1.87. The van der Waals surface area contributed by atoms with Crippen molar-refractivity contribution in [1.82, 2.24) is 15.1 Å². The van der Waals surface area contributed by atoms with Crippen LogP contribution in [0.2, 0.25) is 0 Å². The van der Waals surface area contributed by atoms with E-state index in [0.717, 1.165) is 42.4 Å². The molecule has 2 rings (SSSR count). The van der Waals surface area contributed by atoms with E-state index in [2.05, 4.69) is 10.4 Å². The number of hydrogen-bond donors (Lipinski definition) is 1. The van der Waals surface area contributed by atoms with Crippen LogP contribution in [-0.4, -0.2) is 23.4 Å². The Kier molecular flexibility index (Phi) is 4.67. The van der Waals surface area contributed by atoms with Gasteiger partial charge in [-0.05, 0) is 45.8 Å². The Bertz CT molecular complexity index is 650. The maximum atomic E-state index is 13.9. The van der Waals surface area contributed by atoms with Crippen LogP contribution in [0, 0.1) is 31.3 Å². The third-order valence-electron chi connectivity index (χ3n) is 3.51. The molecule has 0 aliphatic carbocycles. The van der Waals surface area contributed by atoms with E-state index in [1.165, 1.54) is 4.68 Å². The summed E-state index contributed by atoms with van der Waals surface area (Å²) in [6, 6.07) is 1.38. The summed E-state index contributed by atoms with van der Waals surface area (Å²) < 4.78 is 41.6. The Morgan fingerprint density at radius 3 is 2.43 bits per heavy atom. The van der Waals surface area contributed by atoms with Gasteiger partial charge in [-0.25, -0.2) is 17.9 Å². The van der Waals surface area contributed by atoms with Gasteiger partial charge in [0.1, 0.15) is 5.69 Å². The quantitative estimate of drug-likeness (QED) is 0.679. The summed E-state index contributed by atoms with van der Waals surface area (Å²) in [5.41, 5.74) is 2.45. The van der Waals surface area contributed by atoms with E-state index in [1.807, 2.05) is 14.0 Å². The first-order chi connectivity index (χ1) is 9.95. The maximum absolute atomic E-state index is 13.9. The van der Waals surface area contributed by atoms with Crippen LogP contribution < -0.4 is 5.32 Å². The van der Waals surface area contributed by atoms with Crippen LogP contribution in [0.5, 0.6) is 0 Å². The first-order valence-electron chi connectivity index (χ1n) is 6.80. The van der Waals surface area contributed by atoms with Crippen LogP contribution in [0.15, 0.2) is 12.1 Å². The lowest BCUT2D eigenvalue weighted by Gasteiger charge is -2.07. The van der Waals surface area contributed by atoms with Crippen molar-refractivity contribution in [3.05, 3.63) is 46.5 Å². The van der Waals surface area contributed by atoms with Gasteiger partial charge in [0.2, 0.25) is 0 Å². The van der Waals surface area contributed by atoms with Gasteiger partial charge >= 0.3 is 0 Å². The number of aryl methyl sites for hydroxylation is 1. The van der Waals surface area contributed by atoms with Crippen molar-refractivity contribution in [2.75, 3.05) is 13.6 Å². The van der Waals surface area contributed by atoms with Crippen molar-refractivity contribution >= 4 is 0 Å². The molecule has 1 aromatic carbocycles. The molecule has 6 heteroatoms. The van der Waals surface area contributed by atoms with E-state index >= 15 is 0 Å². The highest BCUT2D eigenvalue weighted by Crippen LogP contribution is 2.23. The van der Waals surface area contributed by atoms with Crippen LogP contribution in [0.4, 0.5) is 13.2 Å². The molecule has 0 amide bonds. The molecule has 0 bridgehead atoms. The average molecular weight is 297 g/mol. The fourth-order valence-electron chi connectivity index (χ4n) is 2.39. The highest BCUT2D eigenvalue weighted by Gasteiger charge is 2.17. The van der Waals surface area contributed by atoms with Crippen molar-refractivity contribution in [2.45, 2.75) is 26.7 Å². The molecule has 1 aromatic heterocycles. The zero-order valence-electron chi connectivity index (χ0n) is 12.3. The van der Waals surface area contributed by atoms with Crippen molar-refractivity contribution < 1.29 is 13.2 Å². The van der Waals surface area contributed by atoms with Crippen molar-refractivity contribution in [3.8, 4) is 5.69 Å². The molecule has 2 aromatic rings. The van der Waals surface area contributed by atoms with Gasteiger partial charge in [-0.1, -0.05) is 0 Å². The Morgan fingerprint density at radius 2 is 1.76 bits per heavy atom. The van der Waals surface area contributed by atoms with Gasteiger partial charge < -0.3 is 5.32 Å². The summed E-state index contributed by atoms with van der Waals surface area (Å²) in [5.74, 6) is -3.12. The zero-order valence-corrected chi connectivity index (χ0v) is 12.3. The summed E-state index contributed by atoms with van der Waals surface area (Å²) in [4.78, 5) is 0. The number of benzene rings is 1. The Labute approximate surface area is 121 Å². The van der Waals surface area contributed by atoms with Crippen molar-refractivity contribution in [3.63, 3.8) is 0 Å². The molecule has 0 spiro atoms. The fourth-order valence-corrected chi connectivity index (χ4v) is 2.39. The van der Waals surface area contributed by atoms with Gasteiger partial charge in [-0.2, -0.15) is 5.10 Å². The summed E-state index contributed by atoms with van der Waals surface area (Å²) in [6.07, 6.45) is 1.72. The molecule has 21 heavy (non-hydrogen) atoms. The highest BCUT2D eigenvalue weighted by molar-refractivity contribution is 5.39. The minimum atomic E-state index is -1.20. The average Bonchev–Trinajstić information content (AvgIpc) is 2.71. The largest absolute Gasteiger partial charge is 0.320 e. The Morgan fingerprint density at radius 1 is 1.10 bits per heavy atom. The molecule has 0 aliphatic rings. The number of nitrogens with zero attached hydrogens (tertiary/aromatic N) is 2. The molecule has 0 aliphatic heterocycles. The number of aromatic nitrogens is 2. The first kappa shape index (κ1) is 15.6. The molecule has 114 valence electrons. The van der Waals surface area contributed by atoms with Gasteiger partial charge in [-0.15, -0.1) is 0 Å². The third kappa shape index (κ3) is 3.10. The minimum Gasteiger partial charge on any atom is -0.320 e. The molecule has 0 radical (unpaired) electrons. The molecule has 3 nitrogen and oxygen atoms in total. The fraction of sp³-hybridized carbons (Fsp3) is 0.400. The zero-order chi connectivity index (χ0) is 15.6. The van der Waals surface area contributed by atoms with Gasteiger partial charge in [0.25, 0.3) is 0 Å². The van der Waals surface area contributed by atoms with Crippen LogP contribution >= 0.6 is 0 Å². The second-order valence-corrected chi connectivity index (χ2v) is 4.99. The number of hydrogen-bond acceptors (Lipinski definition) is 2. The summed E-state index contributed by atoms with van der Waals surface area (Å²) in [6.45, 7) is 4.50. The van der Waals surface area contributed by atoms with Crippen molar-refractivity contribution in [1.29, 1.82) is 0 Å². The number of nitrogens with one attached hydrogen (secondary N) is 1. The lowest BCUT2D eigenvalue weighted by Crippen LogP contribution is -2.09. The lowest BCUT2D eigenvalue weighted by molar-refractivity contribution is 0.491. The molecule has 1 heterocycles. The first-order valence-corrected chi connectivity index (χ1v) is 6.80. The highest BCUT2D eigenvalue weighted by atomic mass is 19.2. The topological polar surface area (TPSA) is 29.9 Å². The molecule has 0 atom stereocenters. The van der Waals surface area contributed by atoms with Gasteiger partial charge in [0, 0.05) is 17.8 Å². The third-order valence-corrected chi connectivity index (χ3v) is 3.51. The van der Waals surface area contributed by atoms with Gasteiger partial charge in [0.05, 0.1) is 5.69 Å². The van der Waals surface area contributed by atoms with Gasteiger partial charge in [-0.3, -0.25) is 0 Å². The van der Waals surface area contributed by atoms with Crippen molar-refractivity contribution in [2.24, 2.45) is 0 Å². The predicted octanol–water partition coefficient (Wildman–Crippen LogP) is 3.06. The normalized spacial score (nSPS) is 11.1. The maximum Gasteiger partial charge on any atom is 0.161 e. The Balaban J connectivity index is 2.41. The monoisotopic (exact) mass is 297 g/mol. The number of rotatable bonds is 5. The molecular formula is C15H18F3N3. The summed E-state index contributed by atoms with van der Waals surface area (Å²) >= 11 is 0. The number of halogens is 3. The van der Waals surface area contributed by atoms with E-state index in [9.17, 15) is 13.2 Å². The van der Waals surface area contributed by atoms with E-state index in [4.69, 9.17) is 0 Å². The SMILES string of the molecule is CNCCCc1c(C)nn(-c2cc(F)c(F)cc2F)c1C. The molecule has 0 unspecified atom stereocenters. The van der Waals surface area contributed by atoms with E-state index in [1.54, 1.807) is 6.92 Å². The molecule has 0 saturated heterocycles. The Hall–Kier alpha value is -1.82. The predicted molar refractivity (Wildman–Crippen MR) is 75.2 cm³/mol. The summed E-state index contributed by atoms with van der Waals surface area (Å²) in [5, 5.41) is 7.32.